The monoisotopic (exact) mass is 401 g/mol. The Morgan fingerprint density at radius 2 is 1.90 bits per heavy atom. The van der Waals surface area contributed by atoms with E-state index in [4.69, 9.17) is 11.1 Å². The Hall–Kier alpha value is -3.10. The molecule has 0 spiro atoms. The minimum Gasteiger partial charge on any atom is -0.481 e. The van der Waals surface area contributed by atoms with Crippen molar-refractivity contribution in [3.05, 3.63) is 47.3 Å². The summed E-state index contributed by atoms with van der Waals surface area (Å²) in [5, 5.41) is 21.0. The molecule has 0 saturated heterocycles. The van der Waals surface area contributed by atoms with Crippen LogP contribution >= 0.6 is 0 Å². The lowest BCUT2D eigenvalue weighted by Crippen LogP contribution is -2.51. The smallest absolute Gasteiger partial charge is 0.308 e. The number of hydrogen-bond acceptors (Lipinski definition) is 6. The Labute approximate surface area is 165 Å². The van der Waals surface area contributed by atoms with E-state index in [9.17, 15) is 18.7 Å². The van der Waals surface area contributed by atoms with Gasteiger partial charge in [-0.25, -0.2) is 18.7 Å². The van der Waals surface area contributed by atoms with Crippen molar-refractivity contribution in [3.8, 4) is 0 Å². The average Bonchev–Trinajstić information content (AvgIpc) is 2.71. The largest absolute Gasteiger partial charge is 0.481 e. The van der Waals surface area contributed by atoms with E-state index < -0.39 is 29.6 Å². The molecule has 3 saturated carbocycles. The fraction of sp³-hybridized carbons (Fsp3) is 0.400. The van der Waals surface area contributed by atoms with Crippen LogP contribution in [0.2, 0.25) is 0 Å². The van der Waals surface area contributed by atoms with Crippen LogP contribution in [0.15, 0.2) is 24.4 Å². The van der Waals surface area contributed by atoms with Crippen molar-refractivity contribution in [2.24, 2.45) is 17.8 Å². The Morgan fingerprint density at radius 3 is 2.59 bits per heavy atom. The first-order valence-electron chi connectivity index (χ1n) is 9.51. The van der Waals surface area contributed by atoms with Crippen molar-refractivity contribution < 1.29 is 18.7 Å². The number of hydrogen-bond donors (Lipinski definition) is 4. The summed E-state index contributed by atoms with van der Waals surface area (Å²) in [7, 11) is 0. The van der Waals surface area contributed by atoms with Gasteiger partial charge in [-0.3, -0.25) is 10.2 Å². The van der Waals surface area contributed by atoms with Gasteiger partial charge in [0.2, 0.25) is 0 Å². The van der Waals surface area contributed by atoms with Gasteiger partial charge in [0.05, 0.1) is 23.5 Å². The maximum Gasteiger partial charge on any atom is 0.308 e. The first-order valence-corrected chi connectivity index (χ1v) is 9.51. The number of anilines is 2. The second-order valence-corrected chi connectivity index (χ2v) is 7.70. The molecule has 0 amide bonds. The molecule has 2 aromatic rings. The maximum atomic E-state index is 14.5. The van der Waals surface area contributed by atoms with Crippen molar-refractivity contribution in [2.45, 2.75) is 31.7 Å². The molecule has 0 aromatic carbocycles. The third-order valence-electron chi connectivity index (χ3n) is 6.06. The second-order valence-electron chi connectivity index (χ2n) is 7.70. The number of carboxylic acid groups (broad SMARTS) is 1. The van der Waals surface area contributed by atoms with Gasteiger partial charge in [0.25, 0.3) is 0 Å². The molecule has 3 fully saturated rings. The molecule has 29 heavy (non-hydrogen) atoms. The minimum absolute atomic E-state index is 0.0347. The number of halogens is 2. The highest BCUT2D eigenvalue weighted by Gasteiger charge is 2.47. The molecule has 2 atom stereocenters. The Morgan fingerprint density at radius 1 is 1.21 bits per heavy atom. The number of fused-ring (bicyclic) bond motifs is 3. The van der Waals surface area contributed by atoms with Crippen LogP contribution in [-0.4, -0.2) is 32.8 Å². The van der Waals surface area contributed by atoms with E-state index in [0.717, 1.165) is 44.0 Å². The zero-order valence-electron chi connectivity index (χ0n) is 15.5. The predicted molar refractivity (Wildman–Crippen MR) is 103 cm³/mol. The first-order chi connectivity index (χ1) is 13.8. The molecule has 9 heteroatoms. The molecule has 0 radical (unpaired) electrons. The Balaban J connectivity index is 1.64. The van der Waals surface area contributed by atoms with E-state index in [1.165, 1.54) is 6.07 Å². The van der Waals surface area contributed by atoms with Gasteiger partial charge in [-0.1, -0.05) is 0 Å². The van der Waals surface area contributed by atoms with Crippen molar-refractivity contribution in [3.63, 3.8) is 0 Å². The lowest BCUT2D eigenvalue weighted by Gasteiger charge is -2.47. The van der Waals surface area contributed by atoms with Crippen molar-refractivity contribution in [2.75, 3.05) is 11.1 Å². The summed E-state index contributed by atoms with van der Waals surface area (Å²) in [6.07, 6.45) is 4.48. The van der Waals surface area contributed by atoms with E-state index in [1.807, 2.05) is 0 Å². The van der Waals surface area contributed by atoms with E-state index in [2.05, 4.69) is 15.3 Å². The predicted octanol–water partition coefficient (Wildman–Crippen LogP) is 3.05. The molecular weight excluding hydrogens is 380 g/mol. The third-order valence-corrected chi connectivity index (χ3v) is 6.06. The second kappa shape index (κ2) is 7.38. The van der Waals surface area contributed by atoms with Gasteiger partial charge in [0.1, 0.15) is 11.6 Å². The van der Waals surface area contributed by atoms with E-state index in [0.29, 0.717) is 0 Å². The van der Waals surface area contributed by atoms with Gasteiger partial charge in [0.15, 0.2) is 11.6 Å². The minimum atomic E-state index is -0.889. The van der Waals surface area contributed by atoms with E-state index >= 15 is 0 Å². The fourth-order valence-corrected chi connectivity index (χ4v) is 4.64. The topological polar surface area (TPSA) is 125 Å². The molecule has 2 bridgehead atoms. The number of carboxylic acids is 1. The highest BCUT2D eigenvalue weighted by atomic mass is 19.1. The van der Waals surface area contributed by atoms with Gasteiger partial charge in [0, 0.05) is 11.6 Å². The number of nitrogens with zero attached hydrogens (tertiary/aromatic N) is 2. The molecule has 3 aliphatic rings. The highest BCUT2D eigenvalue weighted by molar-refractivity contribution is 6.12. The lowest BCUT2D eigenvalue weighted by atomic mass is 9.61. The summed E-state index contributed by atoms with van der Waals surface area (Å²) in [6, 6.07) is 3.10. The highest BCUT2D eigenvalue weighted by Crippen LogP contribution is 2.46. The molecule has 2 aromatic heterocycles. The van der Waals surface area contributed by atoms with Gasteiger partial charge >= 0.3 is 5.97 Å². The number of nitrogens with two attached hydrogens (primary N) is 1. The summed E-state index contributed by atoms with van der Waals surface area (Å²) < 4.78 is 28.0. The zero-order chi connectivity index (χ0) is 20.7. The fourth-order valence-electron chi connectivity index (χ4n) is 4.64. The molecule has 5 N–H and O–H groups in total. The Bertz CT molecular complexity index is 975. The number of aromatic nitrogens is 2. The number of rotatable bonds is 5. The SMILES string of the molecule is N=C(c1ccc(F)c(NC2C3CCC(CC3)C2C(=O)O)n1)c1cc(F)cnc1N. The average molecular weight is 401 g/mol. The molecule has 0 aliphatic heterocycles. The van der Waals surface area contributed by atoms with Crippen LogP contribution in [0.1, 0.15) is 36.9 Å². The number of nitrogens with one attached hydrogen (secondary N) is 2. The number of nitrogen functional groups attached to an aromatic ring is 1. The molecule has 2 unspecified atom stereocenters. The molecular formula is C20H21F2N5O2. The van der Waals surface area contributed by atoms with Crippen LogP contribution in [0, 0.1) is 34.8 Å². The lowest BCUT2D eigenvalue weighted by molar-refractivity contribution is -0.148. The quantitative estimate of drug-likeness (QED) is 0.571. The first kappa shape index (κ1) is 19.2. The van der Waals surface area contributed by atoms with Gasteiger partial charge in [-0.2, -0.15) is 0 Å². The van der Waals surface area contributed by atoms with Crippen LogP contribution in [-0.2, 0) is 4.79 Å². The molecule has 7 nitrogen and oxygen atoms in total. The van der Waals surface area contributed by atoms with Crippen LogP contribution in [0.5, 0.6) is 0 Å². The van der Waals surface area contributed by atoms with Gasteiger partial charge in [-0.15, -0.1) is 0 Å². The van der Waals surface area contributed by atoms with Crippen LogP contribution in [0.4, 0.5) is 20.4 Å². The number of pyridine rings is 2. The molecule has 3 aliphatic carbocycles. The molecule has 152 valence electrons. The summed E-state index contributed by atoms with van der Waals surface area (Å²) in [4.78, 5) is 19.7. The van der Waals surface area contributed by atoms with Gasteiger partial charge in [-0.05, 0) is 55.7 Å². The number of aliphatic carboxylic acids is 1. The molecule has 2 heterocycles. The van der Waals surface area contributed by atoms with Crippen LogP contribution in [0.3, 0.4) is 0 Å². The van der Waals surface area contributed by atoms with Crippen LogP contribution in [0.25, 0.3) is 0 Å². The van der Waals surface area contributed by atoms with Crippen molar-refractivity contribution >= 4 is 23.3 Å². The van der Waals surface area contributed by atoms with Crippen LogP contribution < -0.4 is 11.1 Å². The summed E-state index contributed by atoms with van der Waals surface area (Å²) >= 11 is 0. The van der Waals surface area contributed by atoms with Crippen molar-refractivity contribution in [1.82, 2.24) is 9.97 Å². The molecule has 5 rings (SSSR count). The third kappa shape index (κ3) is 3.52. The normalized spacial score (nSPS) is 25.6. The number of carbonyl (C=O) groups is 1. The Kier molecular flexibility index (Phi) is 4.89. The van der Waals surface area contributed by atoms with Gasteiger partial charge < -0.3 is 16.2 Å². The van der Waals surface area contributed by atoms with E-state index in [-0.39, 0.29) is 40.4 Å². The standard InChI is InChI=1S/C20H21F2N5O2/c21-11-7-12(18(24)25-8-11)16(23)14-6-5-13(22)19(26-14)27-17-10-3-1-9(2-4-10)15(17)20(28)29/h5-10,15,17,23H,1-4H2,(H2,24,25)(H,26,27)(H,28,29). The summed E-state index contributed by atoms with van der Waals surface area (Å²) in [6.45, 7) is 0. The maximum absolute atomic E-state index is 14.5. The van der Waals surface area contributed by atoms with E-state index in [1.54, 1.807) is 0 Å². The van der Waals surface area contributed by atoms with Crippen molar-refractivity contribution in [1.29, 1.82) is 5.41 Å². The zero-order valence-corrected chi connectivity index (χ0v) is 15.5. The summed E-state index contributed by atoms with van der Waals surface area (Å²) in [5.41, 5.74) is 5.67. The summed E-state index contributed by atoms with van der Waals surface area (Å²) in [5.74, 6) is -2.73.